The average molecular weight is 391 g/mol. The molecule has 7 heteroatoms. The smallest absolute Gasteiger partial charge is 0.241 e. The number of nitrogens with zero attached hydrogens (tertiary/aromatic N) is 3. The Morgan fingerprint density at radius 1 is 1.37 bits per heavy atom. The summed E-state index contributed by atoms with van der Waals surface area (Å²) in [6.07, 6.45) is 1.79. The van der Waals surface area contributed by atoms with Crippen LogP contribution in [0.4, 0.5) is 5.69 Å². The Bertz CT molecular complexity index is 708. The number of benzene rings is 1. The van der Waals surface area contributed by atoms with E-state index in [0.29, 0.717) is 18.1 Å². The number of carbonyl (C=O) groups is 2. The molecule has 146 valence electrons. The first-order valence-electron chi connectivity index (χ1n) is 9.39. The lowest BCUT2D eigenvalue weighted by Gasteiger charge is -2.32. The van der Waals surface area contributed by atoms with Crippen molar-refractivity contribution in [1.82, 2.24) is 10.2 Å². The highest BCUT2D eigenvalue weighted by Gasteiger charge is 2.27. The SMILES string of the molecule is CCNC(=O)C1CCN(CC(=O)N(CCC#N)c2ccc(Cl)c(C)c2)CC1. The van der Waals surface area contributed by atoms with E-state index < -0.39 is 0 Å². The molecule has 1 aliphatic rings. The Balaban J connectivity index is 1.99. The zero-order valence-electron chi connectivity index (χ0n) is 16.0. The van der Waals surface area contributed by atoms with Crippen LogP contribution in [0.25, 0.3) is 0 Å². The van der Waals surface area contributed by atoms with Gasteiger partial charge in [0.25, 0.3) is 0 Å². The highest BCUT2D eigenvalue weighted by atomic mass is 35.5. The second-order valence-corrected chi connectivity index (χ2v) is 7.24. The van der Waals surface area contributed by atoms with E-state index in [1.165, 1.54) is 0 Å². The Morgan fingerprint density at radius 2 is 2.07 bits per heavy atom. The van der Waals surface area contributed by atoms with Gasteiger partial charge < -0.3 is 10.2 Å². The van der Waals surface area contributed by atoms with Gasteiger partial charge in [0.05, 0.1) is 19.0 Å². The number of piperidine rings is 1. The summed E-state index contributed by atoms with van der Waals surface area (Å²) in [5.74, 6) is 0.101. The molecule has 0 spiro atoms. The molecule has 1 heterocycles. The number of carbonyl (C=O) groups excluding carboxylic acids is 2. The molecule has 2 amide bonds. The van der Waals surface area contributed by atoms with Gasteiger partial charge in [-0.3, -0.25) is 14.5 Å². The van der Waals surface area contributed by atoms with Crippen LogP contribution in [-0.2, 0) is 9.59 Å². The van der Waals surface area contributed by atoms with Gasteiger partial charge in [0.2, 0.25) is 11.8 Å². The molecule has 0 bridgehead atoms. The van der Waals surface area contributed by atoms with Crippen molar-refractivity contribution >= 4 is 29.1 Å². The summed E-state index contributed by atoms with van der Waals surface area (Å²) in [6.45, 7) is 6.54. The van der Waals surface area contributed by atoms with Crippen LogP contribution in [0, 0.1) is 24.2 Å². The fourth-order valence-corrected chi connectivity index (χ4v) is 3.42. The monoisotopic (exact) mass is 390 g/mol. The Labute approximate surface area is 166 Å². The number of rotatable bonds is 7. The third-order valence-corrected chi connectivity index (χ3v) is 5.29. The van der Waals surface area contributed by atoms with Gasteiger partial charge in [-0.25, -0.2) is 0 Å². The van der Waals surface area contributed by atoms with Crippen molar-refractivity contribution in [2.24, 2.45) is 5.92 Å². The van der Waals surface area contributed by atoms with Gasteiger partial charge in [0, 0.05) is 29.7 Å². The molecule has 0 aliphatic carbocycles. The lowest BCUT2D eigenvalue weighted by Crippen LogP contribution is -2.46. The summed E-state index contributed by atoms with van der Waals surface area (Å²) in [5, 5.41) is 12.5. The summed E-state index contributed by atoms with van der Waals surface area (Å²) < 4.78 is 0. The molecule has 1 aromatic rings. The fourth-order valence-electron chi connectivity index (χ4n) is 3.30. The van der Waals surface area contributed by atoms with E-state index in [2.05, 4.69) is 16.3 Å². The standard InChI is InChI=1S/C20H27ClN4O2/c1-3-23-20(27)16-7-11-24(12-8-16)14-19(26)25(10-4-9-22)17-5-6-18(21)15(2)13-17/h5-6,13,16H,3-4,7-8,10-12,14H2,1-2H3,(H,23,27). The molecule has 27 heavy (non-hydrogen) atoms. The zero-order valence-corrected chi connectivity index (χ0v) is 16.8. The van der Waals surface area contributed by atoms with Crippen molar-refractivity contribution in [3.05, 3.63) is 28.8 Å². The highest BCUT2D eigenvalue weighted by Crippen LogP contribution is 2.24. The van der Waals surface area contributed by atoms with Crippen LogP contribution >= 0.6 is 11.6 Å². The van der Waals surface area contributed by atoms with Gasteiger partial charge in [-0.05, 0) is 63.5 Å². The molecule has 6 nitrogen and oxygen atoms in total. The first kappa shape index (κ1) is 21.2. The van der Waals surface area contributed by atoms with Crippen LogP contribution in [-0.4, -0.2) is 49.4 Å². The van der Waals surface area contributed by atoms with E-state index in [0.717, 1.165) is 37.2 Å². The predicted molar refractivity (Wildman–Crippen MR) is 107 cm³/mol. The molecule has 1 fully saturated rings. The maximum absolute atomic E-state index is 12.9. The summed E-state index contributed by atoms with van der Waals surface area (Å²) in [5.41, 5.74) is 1.65. The first-order valence-corrected chi connectivity index (χ1v) is 9.77. The van der Waals surface area contributed by atoms with Crippen molar-refractivity contribution in [2.75, 3.05) is 37.6 Å². The third kappa shape index (κ3) is 5.95. The molecule has 1 aliphatic heterocycles. The van der Waals surface area contributed by atoms with Gasteiger partial charge in [-0.15, -0.1) is 0 Å². The largest absolute Gasteiger partial charge is 0.356 e. The van der Waals surface area contributed by atoms with E-state index in [-0.39, 0.29) is 30.7 Å². The third-order valence-electron chi connectivity index (χ3n) is 4.87. The molecule has 0 radical (unpaired) electrons. The number of nitriles is 1. The van der Waals surface area contributed by atoms with Crippen LogP contribution in [0.3, 0.4) is 0 Å². The second-order valence-electron chi connectivity index (χ2n) is 6.83. The second kappa shape index (κ2) is 10.3. The topological polar surface area (TPSA) is 76.4 Å². The molecular formula is C20H27ClN4O2. The van der Waals surface area contributed by atoms with Crippen molar-refractivity contribution in [1.29, 1.82) is 5.26 Å². The van der Waals surface area contributed by atoms with Gasteiger partial charge in [-0.2, -0.15) is 5.26 Å². The number of likely N-dealkylation sites (tertiary alicyclic amines) is 1. The minimum Gasteiger partial charge on any atom is -0.356 e. The van der Waals surface area contributed by atoms with Crippen LogP contribution < -0.4 is 10.2 Å². The van der Waals surface area contributed by atoms with Crippen LogP contribution in [0.2, 0.25) is 5.02 Å². The molecule has 0 atom stereocenters. The van der Waals surface area contributed by atoms with Gasteiger partial charge in [-0.1, -0.05) is 11.6 Å². The van der Waals surface area contributed by atoms with E-state index in [1.807, 2.05) is 26.0 Å². The molecular weight excluding hydrogens is 364 g/mol. The van der Waals surface area contributed by atoms with Gasteiger partial charge >= 0.3 is 0 Å². The molecule has 1 N–H and O–H groups in total. The maximum Gasteiger partial charge on any atom is 0.241 e. The first-order chi connectivity index (χ1) is 13.0. The molecule has 1 aromatic carbocycles. The molecule has 2 rings (SSSR count). The lowest BCUT2D eigenvalue weighted by molar-refractivity contribution is -0.126. The quantitative estimate of drug-likeness (QED) is 0.776. The van der Waals surface area contributed by atoms with E-state index >= 15 is 0 Å². The minimum absolute atomic E-state index is 0.0323. The van der Waals surface area contributed by atoms with E-state index in [1.54, 1.807) is 11.0 Å². The number of hydrogen-bond donors (Lipinski definition) is 1. The number of aryl methyl sites for hydroxylation is 1. The van der Waals surface area contributed by atoms with E-state index in [4.69, 9.17) is 16.9 Å². The maximum atomic E-state index is 12.9. The van der Waals surface area contributed by atoms with Crippen molar-refractivity contribution in [2.45, 2.75) is 33.1 Å². The summed E-state index contributed by atoms with van der Waals surface area (Å²) in [7, 11) is 0. The summed E-state index contributed by atoms with van der Waals surface area (Å²) in [6, 6.07) is 7.56. The lowest BCUT2D eigenvalue weighted by atomic mass is 9.96. The number of amides is 2. The van der Waals surface area contributed by atoms with Crippen LogP contribution in [0.1, 0.15) is 31.7 Å². The Hall–Kier alpha value is -2.10. The number of hydrogen-bond acceptors (Lipinski definition) is 4. The Kier molecular flexibility index (Phi) is 8.08. The number of nitrogens with one attached hydrogen (secondary N) is 1. The minimum atomic E-state index is -0.0385. The van der Waals surface area contributed by atoms with Crippen molar-refractivity contribution < 1.29 is 9.59 Å². The van der Waals surface area contributed by atoms with Crippen LogP contribution in [0.5, 0.6) is 0 Å². The number of halogens is 1. The van der Waals surface area contributed by atoms with Gasteiger partial charge in [0.1, 0.15) is 0 Å². The van der Waals surface area contributed by atoms with Crippen molar-refractivity contribution in [3.63, 3.8) is 0 Å². The predicted octanol–water partition coefficient (Wildman–Crippen LogP) is 2.74. The van der Waals surface area contributed by atoms with Gasteiger partial charge in [0.15, 0.2) is 0 Å². The molecule has 1 saturated heterocycles. The summed E-state index contributed by atoms with van der Waals surface area (Å²) >= 11 is 6.09. The summed E-state index contributed by atoms with van der Waals surface area (Å²) in [4.78, 5) is 28.6. The number of anilines is 1. The molecule has 0 aromatic heterocycles. The van der Waals surface area contributed by atoms with E-state index in [9.17, 15) is 9.59 Å². The fraction of sp³-hybridized carbons (Fsp3) is 0.550. The molecule has 0 unspecified atom stereocenters. The zero-order chi connectivity index (χ0) is 19.8. The normalized spacial score (nSPS) is 15.2. The molecule has 0 saturated carbocycles. The highest BCUT2D eigenvalue weighted by molar-refractivity contribution is 6.31. The average Bonchev–Trinajstić information content (AvgIpc) is 2.65. The Morgan fingerprint density at radius 3 is 2.67 bits per heavy atom. The van der Waals surface area contributed by atoms with Crippen molar-refractivity contribution in [3.8, 4) is 6.07 Å². The van der Waals surface area contributed by atoms with Crippen LogP contribution in [0.15, 0.2) is 18.2 Å².